The summed E-state index contributed by atoms with van der Waals surface area (Å²) in [5.74, 6) is 0.0712. The maximum Gasteiger partial charge on any atom is 0.316 e. The van der Waals surface area contributed by atoms with Gasteiger partial charge in [-0.15, -0.1) is 4.40 Å². The van der Waals surface area contributed by atoms with Gasteiger partial charge in [0.15, 0.2) is 5.84 Å². The van der Waals surface area contributed by atoms with Crippen molar-refractivity contribution in [3.63, 3.8) is 0 Å². The van der Waals surface area contributed by atoms with E-state index < -0.39 is 22.1 Å². The number of nitrogens with zero attached hydrogens (tertiary/aromatic N) is 2. The normalized spacial score (nSPS) is 19.4. The largest absolute Gasteiger partial charge is 0.351 e. The fourth-order valence-electron chi connectivity index (χ4n) is 3.59. The molecule has 2 aromatic rings. The molecule has 150 valence electrons. The number of amidine groups is 1. The Bertz CT molecular complexity index is 1110. The third kappa shape index (κ3) is 3.66. The molecule has 0 saturated carbocycles. The lowest BCUT2D eigenvalue weighted by molar-refractivity contribution is -0.119. The first kappa shape index (κ1) is 18.9. The van der Waals surface area contributed by atoms with Gasteiger partial charge in [0, 0.05) is 23.5 Å². The molecule has 9 nitrogen and oxygen atoms in total. The maximum atomic E-state index is 12.9. The molecule has 0 unspecified atom stereocenters. The van der Waals surface area contributed by atoms with Crippen LogP contribution in [0.4, 0.5) is 16.2 Å². The Morgan fingerprint density at radius 2 is 1.69 bits per heavy atom. The van der Waals surface area contributed by atoms with Crippen molar-refractivity contribution < 1.29 is 18.0 Å². The quantitative estimate of drug-likeness (QED) is 0.704. The molecule has 0 aromatic heterocycles. The molecule has 1 fully saturated rings. The van der Waals surface area contributed by atoms with Crippen molar-refractivity contribution in [3.05, 3.63) is 54.1 Å². The molecule has 10 heteroatoms. The molecule has 4 N–H and O–H groups in total. The topological polar surface area (TPSA) is 134 Å². The van der Waals surface area contributed by atoms with Gasteiger partial charge in [-0.25, -0.2) is 4.79 Å². The number of likely N-dealkylation sites (tertiary alicyclic amines) is 1. The highest BCUT2D eigenvalue weighted by Crippen LogP contribution is 2.31. The Balaban J connectivity index is 1.53. The van der Waals surface area contributed by atoms with Gasteiger partial charge in [-0.2, -0.15) is 8.42 Å². The van der Waals surface area contributed by atoms with Gasteiger partial charge in [-0.1, -0.05) is 12.1 Å². The predicted molar refractivity (Wildman–Crippen MR) is 108 cm³/mol. The molecule has 0 aliphatic carbocycles. The van der Waals surface area contributed by atoms with Crippen LogP contribution >= 0.6 is 0 Å². The van der Waals surface area contributed by atoms with Crippen molar-refractivity contribution in [3.8, 4) is 0 Å². The van der Waals surface area contributed by atoms with Crippen molar-refractivity contribution >= 4 is 39.2 Å². The van der Waals surface area contributed by atoms with Crippen LogP contribution in [0.2, 0.25) is 0 Å². The zero-order valence-electron chi connectivity index (χ0n) is 15.3. The molecule has 2 aliphatic heterocycles. The van der Waals surface area contributed by atoms with Crippen LogP contribution in [0.3, 0.4) is 0 Å². The summed E-state index contributed by atoms with van der Waals surface area (Å²) >= 11 is 0. The molecule has 4 rings (SSSR count). The van der Waals surface area contributed by atoms with E-state index in [0.29, 0.717) is 35.7 Å². The molecule has 2 heterocycles. The van der Waals surface area contributed by atoms with Crippen LogP contribution in [-0.2, 0) is 14.8 Å². The van der Waals surface area contributed by atoms with Gasteiger partial charge in [0.25, 0.3) is 10.0 Å². The molecule has 1 atom stereocenters. The van der Waals surface area contributed by atoms with Crippen molar-refractivity contribution in [2.45, 2.75) is 23.8 Å². The number of rotatable bonds is 3. The zero-order chi connectivity index (χ0) is 20.6. The van der Waals surface area contributed by atoms with Crippen LogP contribution in [0.5, 0.6) is 0 Å². The van der Waals surface area contributed by atoms with Gasteiger partial charge in [0.05, 0.1) is 0 Å². The van der Waals surface area contributed by atoms with E-state index in [9.17, 15) is 18.0 Å². The molecule has 0 bridgehead atoms. The Hall–Kier alpha value is -3.40. The Morgan fingerprint density at radius 3 is 2.38 bits per heavy atom. The fourth-order valence-corrected chi connectivity index (χ4v) is 4.81. The lowest BCUT2D eigenvalue weighted by Gasteiger charge is -2.25. The monoisotopic (exact) mass is 413 g/mol. The van der Waals surface area contributed by atoms with Crippen LogP contribution in [-0.4, -0.2) is 43.7 Å². The number of urea groups is 1. The first-order valence-corrected chi connectivity index (χ1v) is 10.5. The SMILES string of the molecule is NC(=O)Nc1ccc(NC(=O)[C@@H]2CCCN2C2=NS(=O)(=O)c3ccccc32)cc1. The van der Waals surface area contributed by atoms with Crippen LogP contribution in [0.1, 0.15) is 18.4 Å². The number of carbonyl (C=O) groups excluding carboxylic acids is 2. The van der Waals surface area contributed by atoms with Gasteiger partial charge in [-0.05, 0) is 49.2 Å². The summed E-state index contributed by atoms with van der Waals surface area (Å²) in [4.78, 5) is 25.7. The maximum absolute atomic E-state index is 12.9. The van der Waals surface area contributed by atoms with E-state index in [1.165, 1.54) is 6.07 Å². The third-order valence-corrected chi connectivity index (χ3v) is 6.19. The second kappa shape index (κ2) is 7.21. The number of carbonyl (C=O) groups is 2. The molecule has 2 aromatic carbocycles. The van der Waals surface area contributed by atoms with E-state index in [1.54, 1.807) is 47.4 Å². The fraction of sp³-hybridized carbons (Fsp3) is 0.211. The number of primary amides is 1. The number of amides is 3. The average Bonchev–Trinajstić information content (AvgIpc) is 3.26. The summed E-state index contributed by atoms with van der Waals surface area (Å²) < 4.78 is 28.6. The number of hydrogen-bond donors (Lipinski definition) is 3. The molecular formula is C19H19N5O4S. The lowest BCUT2D eigenvalue weighted by Crippen LogP contribution is -2.43. The van der Waals surface area contributed by atoms with Crippen LogP contribution in [0.25, 0.3) is 0 Å². The van der Waals surface area contributed by atoms with Crippen molar-refractivity contribution in [2.75, 3.05) is 17.2 Å². The lowest BCUT2D eigenvalue weighted by atomic mass is 10.1. The van der Waals surface area contributed by atoms with E-state index >= 15 is 0 Å². The number of fused-ring (bicyclic) bond motifs is 1. The van der Waals surface area contributed by atoms with E-state index in [4.69, 9.17) is 5.73 Å². The van der Waals surface area contributed by atoms with Gasteiger partial charge in [0.2, 0.25) is 5.91 Å². The van der Waals surface area contributed by atoms with Gasteiger partial charge < -0.3 is 21.3 Å². The molecular weight excluding hydrogens is 394 g/mol. The van der Waals surface area contributed by atoms with E-state index in [0.717, 1.165) is 6.42 Å². The Morgan fingerprint density at radius 1 is 1.03 bits per heavy atom. The van der Waals surface area contributed by atoms with E-state index in [2.05, 4.69) is 15.0 Å². The minimum atomic E-state index is -3.75. The number of nitrogens with two attached hydrogens (primary N) is 1. The summed E-state index contributed by atoms with van der Waals surface area (Å²) in [6, 6.07) is 12.0. The molecule has 0 spiro atoms. The van der Waals surface area contributed by atoms with Gasteiger partial charge in [-0.3, -0.25) is 4.79 Å². The number of benzene rings is 2. The number of sulfonamides is 1. The molecule has 2 aliphatic rings. The summed E-state index contributed by atoms with van der Waals surface area (Å²) in [7, 11) is -3.75. The van der Waals surface area contributed by atoms with Crippen molar-refractivity contribution in [1.82, 2.24) is 4.90 Å². The van der Waals surface area contributed by atoms with Crippen molar-refractivity contribution in [1.29, 1.82) is 0 Å². The molecule has 29 heavy (non-hydrogen) atoms. The average molecular weight is 413 g/mol. The van der Waals surface area contributed by atoms with Crippen LogP contribution < -0.4 is 16.4 Å². The molecule has 1 saturated heterocycles. The first-order chi connectivity index (χ1) is 13.8. The summed E-state index contributed by atoms with van der Waals surface area (Å²) in [5.41, 5.74) is 6.66. The summed E-state index contributed by atoms with van der Waals surface area (Å²) in [5, 5.41) is 5.28. The highest BCUT2D eigenvalue weighted by atomic mass is 32.2. The minimum Gasteiger partial charge on any atom is -0.351 e. The zero-order valence-corrected chi connectivity index (χ0v) is 16.1. The Labute approximate surface area is 167 Å². The van der Waals surface area contributed by atoms with Crippen LogP contribution in [0, 0.1) is 0 Å². The number of anilines is 2. The summed E-state index contributed by atoms with van der Waals surface area (Å²) in [6.45, 7) is 0.544. The highest BCUT2D eigenvalue weighted by molar-refractivity contribution is 7.90. The molecule has 3 amide bonds. The smallest absolute Gasteiger partial charge is 0.316 e. The van der Waals surface area contributed by atoms with Gasteiger partial charge >= 0.3 is 6.03 Å². The highest BCUT2D eigenvalue weighted by Gasteiger charge is 2.39. The standard InChI is InChI=1S/C19H19N5O4S/c20-19(26)22-13-9-7-12(8-10-13)21-18(25)15-5-3-11-24(15)17-14-4-1-2-6-16(14)29(27,28)23-17/h1-2,4,6-10,15H,3,5,11H2,(H,21,25)(H3,20,22,26)/t15-/m0/s1. The number of hydrogen-bond acceptors (Lipinski definition) is 5. The number of nitrogens with one attached hydrogen (secondary N) is 2. The first-order valence-electron chi connectivity index (χ1n) is 9.03. The van der Waals surface area contributed by atoms with Crippen molar-refractivity contribution in [2.24, 2.45) is 10.1 Å². The molecule has 0 radical (unpaired) electrons. The van der Waals surface area contributed by atoms with E-state index in [1.807, 2.05) is 0 Å². The predicted octanol–water partition coefficient (Wildman–Crippen LogP) is 1.73. The Kier molecular flexibility index (Phi) is 4.71. The minimum absolute atomic E-state index is 0.165. The second-order valence-electron chi connectivity index (χ2n) is 6.79. The van der Waals surface area contributed by atoms with E-state index in [-0.39, 0.29) is 10.8 Å². The summed E-state index contributed by atoms with van der Waals surface area (Å²) in [6.07, 6.45) is 1.34. The third-order valence-electron chi connectivity index (χ3n) is 4.86. The van der Waals surface area contributed by atoms with Crippen LogP contribution in [0.15, 0.2) is 57.8 Å². The second-order valence-corrected chi connectivity index (χ2v) is 8.37. The van der Waals surface area contributed by atoms with Gasteiger partial charge in [0.1, 0.15) is 10.9 Å².